The van der Waals surface area contributed by atoms with Gasteiger partial charge in [-0.25, -0.2) is 9.97 Å². The number of methoxy groups -OCH3 is 1. The zero-order chi connectivity index (χ0) is 22.3. The highest BCUT2D eigenvalue weighted by Gasteiger charge is 2.27. The van der Waals surface area contributed by atoms with Crippen LogP contribution in [-0.2, 0) is 6.42 Å². The first-order valence-electron chi connectivity index (χ1n) is 10.7. The molecule has 0 atom stereocenters. The molecule has 0 aliphatic carbocycles. The second-order valence-electron chi connectivity index (χ2n) is 7.86. The lowest BCUT2D eigenvalue weighted by atomic mass is 9.90. The summed E-state index contributed by atoms with van der Waals surface area (Å²) in [4.78, 5) is 36.0. The fraction of sp³-hybridized carbons (Fsp3) is 0.280. The van der Waals surface area contributed by atoms with Crippen molar-refractivity contribution in [3.8, 4) is 5.75 Å². The molecule has 1 aromatic heterocycles. The first-order valence-corrected chi connectivity index (χ1v) is 10.7. The van der Waals surface area contributed by atoms with Crippen LogP contribution in [0.3, 0.4) is 0 Å². The van der Waals surface area contributed by atoms with Crippen LogP contribution in [0.25, 0.3) is 0 Å². The summed E-state index contributed by atoms with van der Waals surface area (Å²) < 4.78 is 5.12. The Kier molecular flexibility index (Phi) is 6.75. The molecule has 0 saturated carbocycles. The second-order valence-corrected chi connectivity index (χ2v) is 7.86. The van der Waals surface area contributed by atoms with Gasteiger partial charge in [0.15, 0.2) is 11.5 Å². The molecular formula is C25H26N4O3. The van der Waals surface area contributed by atoms with Crippen molar-refractivity contribution in [1.29, 1.82) is 0 Å². The lowest BCUT2D eigenvalue weighted by Crippen LogP contribution is -2.39. The molecule has 1 aliphatic heterocycles. The highest BCUT2D eigenvalue weighted by Crippen LogP contribution is 2.24. The zero-order valence-corrected chi connectivity index (χ0v) is 18.0. The van der Waals surface area contributed by atoms with Crippen molar-refractivity contribution in [2.24, 2.45) is 5.92 Å². The Morgan fingerprint density at radius 3 is 2.38 bits per heavy atom. The molecule has 3 aromatic rings. The van der Waals surface area contributed by atoms with Crippen LogP contribution in [0.15, 0.2) is 67.0 Å². The Hall–Kier alpha value is -3.74. The molecular weight excluding hydrogens is 404 g/mol. The van der Waals surface area contributed by atoms with Crippen LogP contribution in [0.5, 0.6) is 5.75 Å². The van der Waals surface area contributed by atoms with Gasteiger partial charge in [-0.15, -0.1) is 0 Å². The quantitative estimate of drug-likeness (QED) is 0.642. The molecule has 0 spiro atoms. The Morgan fingerprint density at radius 2 is 1.69 bits per heavy atom. The fourth-order valence-electron chi connectivity index (χ4n) is 3.95. The van der Waals surface area contributed by atoms with E-state index in [9.17, 15) is 9.59 Å². The van der Waals surface area contributed by atoms with Crippen molar-refractivity contribution in [2.75, 3.05) is 25.5 Å². The van der Waals surface area contributed by atoms with Gasteiger partial charge in [-0.05, 0) is 55.0 Å². The minimum Gasteiger partial charge on any atom is -0.497 e. The third-order valence-electron chi connectivity index (χ3n) is 5.75. The van der Waals surface area contributed by atoms with E-state index in [-0.39, 0.29) is 23.3 Å². The number of aromatic nitrogens is 2. The maximum Gasteiger partial charge on any atom is 0.276 e. The van der Waals surface area contributed by atoms with Gasteiger partial charge in [0.25, 0.3) is 11.8 Å². The van der Waals surface area contributed by atoms with E-state index in [4.69, 9.17) is 4.74 Å². The van der Waals surface area contributed by atoms with Gasteiger partial charge < -0.3 is 15.0 Å². The molecule has 7 nitrogen and oxygen atoms in total. The van der Waals surface area contributed by atoms with Crippen LogP contribution in [0, 0.1) is 5.92 Å². The van der Waals surface area contributed by atoms with Crippen LogP contribution in [0.1, 0.15) is 39.3 Å². The number of amides is 2. The van der Waals surface area contributed by atoms with Crippen LogP contribution in [0.4, 0.5) is 5.82 Å². The number of likely N-dealkylation sites (tertiary alicyclic amines) is 1. The van der Waals surface area contributed by atoms with E-state index < -0.39 is 0 Å². The molecule has 1 N–H and O–H groups in total. The smallest absolute Gasteiger partial charge is 0.276 e. The van der Waals surface area contributed by atoms with Crippen LogP contribution in [0.2, 0.25) is 0 Å². The predicted octanol–water partition coefficient (Wildman–Crippen LogP) is 3.83. The van der Waals surface area contributed by atoms with Crippen molar-refractivity contribution in [3.63, 3.8) is 0 Å². The molecule has 0 bridgehead atoms. The second kappa shape index (κ2) is 10.0. The van der Waals surface area contributed by atoms with E-state index in [1.807, 2.05) is 6.07 Å². The first-order chi connectivity index (χ1) is 15.6. The Bertz CT molecular complexity index is 1060. The van der Waals surface area contributed by atoms with Crippen molar-refractivity contribution in [2.45, 2.75) is 19.3 Å². The molecule has 2 aromatic carbocycles. The number of nitrogens with zero attached hydrogens (tertiary/aromatic N) is 3. The standard InChI is InChI=1S/C25H26N4O3/c1-32-21-9-7-20(8-10-21)24(30)28-23-22(26-13-14-27-23)25(31)29-15-11-19(12-16-29)17-18-5-3-2-4-6-18/h2-10,13-14,19H,11-12,15-17H2,1H3,(H,27,28,30). The number of carbonyl (C=O) groups excluding carboxylic acids is 2. The molecule has 0 unspecified atom stereocenters. The minimum atomic E-state index is -0.358. The number of carbonyl (C=O) groups is 2. The third-order valence-corrected chi connectivity index (χ3v) is 5.75. The third kappa shape index (κ3) is 5.11. The highest BCUT2D eigenvalue weighted by atomic mass is 16.5. The van der Waals surface area contributed by atoms with Crippen molar-refractivity contribution in [3.05, 3.63) is 83.8 Å². The van der Waals surface area contributed by atoms with E-state index in [1.54, 1.807) is 36.3 Å². The summed E-state index contributed by atoms with van der Waals surface area (Å²) in [7, 11) is 1.57. The van der Waals surface area contributed by atoms with Crippen molar-refractivity contribution in [1.82, 2.24) is 14.9 Å². The molecule has 1 fully saturated rings. The van der Waals surface area contributed by atoms with E-state index in [1.165, 1.54) is 18.0 Å². The zero-order valence-electron chi connectivity index (χ0n) is 18.0. The van der Waals surface area contributed by atoms with Gasteiger partial charge in [-0.3, -0.25) is 9.59 Å². The molecule has 164 valence electrons. The van der Waals surface area contributed by atoms with Gasteiger partial charge in [0.1, 0.15) is 5.75 Å². The van der Waals surface area contributed by atoms with Crippen molar-refractivity contribution >= 4 is 17.6 Å². The van der Waals surface area contributed by atoms with E-state index in [0.717, 1.165) is 19.3 Å². The first kappa shape index (κ1) is 21.5. The Labute approximate surface area is 187 Å². The summed E-state index contributed by atoms with van der Waals surface area (Å²) >= 11 is 0. The molecule has 32 heavy (non-hydrogen) atoms. The number of piperidine rings is 1. The van der Waals surface area contributed by atoms with Crippen LogP contribution in [-0.4, -0.2) is 46.9 Å². The predicted molar refractivity (Wildman–Crippen MR) is 122 cm³/mol. The average Bonchev–Trinajstić information content (AvgIpc) is 2.85. The molecule has 0 radical (unpaired) electrons. The summed E-state index contributed by atoms with van der Waals surface area (Å²) in [6.07, 6.45) is 5.84. The SMILES string of the molecule is COc1ccc(C(=O)Nc2nccnc2C(=O)N2CCC(Cc3ccccc3)CC2)cc1. The van der Waals surface area contributed by atoms with Gasteiger partial charge in [0.2, 0.25) is 0 Å². The number of anilines is 1. The number of ether oxygens (including phenoxy) is 1. The maximum atomic E-state index is 13.1. The maximum absolute atomic E-state index is 13.1. The average molecular weight is 431 g/mol. The molecule has 1 saturated heterocycles. The lowest BCUT2D eigenvalue weighted by molar-refractivity contribution is 0.0685. The Morgan fingerprint density at radius 1 is 1.00 bits per heavy atom. The largest absolute Gasteiger partial charge is 0.497 e. The molecule has 4 rings (SSSR count). The number of benzene rings is 2. The van der Waals surface area contributed by atoms with E-state index in [2.05, 4.69) is 39.6 Å². The van der Waals surface area contributed by atoms with Gasteiger partial charge in [-0.2, -0.15) is 0 Å². The van der Waals surface area contributed by atoms with Crippen molar-refractivity contribution < 1.29 is 14.3 Å². The fourth-order valence-corrected chi connectivity index (χ4v) is 3.95. The topological polar surface area (TPSA) is 84.4 Å². The van der Waals surface area contributed by atoms with Gasteiger partial charge in [-0.1, -0.05) is 30.3 Å². The summed E-state index contributed by atoms with van der Waals surface area (Å²) in [5, 5.41) is 2.72. The highest BCUT2D eigenvalue weighted by molar-refractivity contribution is 6.07. The summed E-state index contributed by atoms with van der Waals surface area (Å²) in [6, 6.07) is 17.2. The summed E-state index contributed by atoms with van der Waals surface area (Å²) in [5.41, 5.74) is 1.93. The number of hydrogen-bond donors (Lipinski definition) is 1. The van der Waals surface area contributed by atoms with E-state index in [0.29, 0.717) is 30.3 Å². The molecule has 1 aliphatic rings. The molecule has 7 heteroatoms. The molecule has 2 heterocycles. The van der Waals surface area contributed by atoms with Gasteiger partial charge in [0, 0.05) is 31.0 Å². The summed E-state index contributed by atoms with van der Waals surface area (Å²) in [5.74, 6) is 0.819. The van der Waals surface area contributed by atoms with Gasteiger partial charge >= 0.3 is 0 Å². The van der Waals surface area contributed by atoms with Crippen LogP contribution < -0.4 is 10.1 Å². The van der Waals surface area contributed by atoms with Gasteiger partial charge in [0.05, 0.1) is 7.11 Å². The lowest BCUT2D eigenvalue weighted by Gasteiger charge is -2.32. The monoisotopic (exact) mass is 430 g/mol. The summed E-state index contributed by atoms with van der Waals surface area (Å²) in [6.45, 7) is 1.33. The minimum absolute atomic E-state index is 0.163. The number of hydrogen-bond acceptors (Lipinski definition) is 5. The Balaban J connectivity index is 1.39. The van der Waals surface area contributed by atoms with Crippen LogP contribution >= 0.6 is 0 Å². The normalized spacial score (nSPS) is 14.1. The molecule has 2 amide bonds. The van der Waals surface area contributed by atoms with E-state index >= 15 is 0 Å². The number of rotatable bonds is 6. The number of nitrogens with one attached hydrogen (secondary N) is 1.